The molecule has 0 bridgehead atoms. The van der Waals surface area contributed by atoms with Gasteiger partial charge in [-0.05, 0) is 61.2 Å². The van der Waals surface area contributed by atoms with Crippen LogP contribution in [0.2, 0.25) is 5.02 Å². The molecule has 100 valence electrons. The van der Waals surface area contributed by atoms with Crippen LogP contribution in [0.25, 0.3) is 0 Å². The van der Waals surface area contributed by atoms with Gasteiger partial charge in [-0.3, -0.25) is 0 Å². The molecule has 2 rings (SSSR count). The van der Waals surface area contributed by atoms with Crippen molar-refractivity contribution in [1.29, 1.82) is 0 Å². The SMILES string of the molecule is CCC(Nc1cc(C)cc(C)c1)c1cccc(Cl)c1. The molecule has 0 aliphatic carbocycles. The van der Waals surface area contributed by atoms with Gasteiger partial charge in [0.05, 0.1) is 6.04 Å². The third-order valence-corrected chi connectivity index (χ3v) is 3.46. The second kappa shape index (κ2) is 6.12. The van der Waals surface area contributed by atoms with E-state index < -0.39 is 0 Å². The second-order valence-corrected chi connectivity index (χ2v) is 5.47. The lowest BCUT2D eigenvalue weighted by molar-refractivity contribution is 0.749. The quantitative estimate of drug-likeness (QED) is 0.773. The lowest BCUT2D eigenvalue weighted by Gasteiger charge is -2.20. The van der Waals surface area contributed by atoms with E-state index >= 15 is 0 Å². The zero-order chi connectivity index (χ0) is 13.8. The van der Waals surface area contributed by atoms with Gasteiger partial charge in [-0.15, -0.1) is 0 Å². The highest BCUT2D eigenvalue weighted by Gasteiger charge is 2.09. The molecule has 1 atom stereocenters. The molecule has 1 N–H and O–H groups in total. The van der Waals surface area contributed by atoms with Crippen molar-refractivity contribution in [3.8, 4) is 0 Å². The summed E-state index contributed by atoms with van der Waals surface area (Å²) in [7, 11) is 0. The summed E-state index contributed by atoms with van der Waals surface area (Å²) in [6.45, 7) is 6.43. The molecule has 0 radical (unpaired) electrons. The maximum absolute atomic E-state index is 6.07. The van der Waals surface area contributed by atoms with Crippen molar-refractivity contribution in [2.24, 2.45) is 0 Å². The predicted molar refractivity (Wildman–Crippen MR) is 84.0 cm³/mol. The summed E-state index contributed by atoms with van der Waals surface area (Å²) in [6.07, 6.45) is 1.02. The molecule has 0 aliphatic rings. The van der Waals surface area contributed by atoms with Gasteiger partial charge in [0.2, 0.25) is 0 Å². The summed E-state index contributed by atoms with van der Waals surface area (Å²) in [5.41, 5.74) is 4.96. The van der Waals surface area contributed by atoms with E-state index in [1.807, 2.05) is 18.2 Å². The van der Waals surface area contributed by atoms with E-state index in [-0.39, 0.29) is 0 Å². The van der Waals surface area contributed by atoms with E-state index in [2.05, 4.69) is 50.4 Å². The maximum Gasteiger partial charge on any atom is 0.0511 e. The van der Waals surface area contributed by atoms with Crippen molar-refractivity contribution in [3.05, 3.63) is 64.2 Å². The molecule has 2 aromatic rings. The third-order valence-electron chi connectivity index (χ3n) is 3.22. The number of hydrogen-bond acceptors (Lipinski definition) is 1. The monoisotopic (exact) mass is 273 g/mol. The molecule has 0 aliphatic heterocycles. The average molecular weight is 274 g/mol. The zero-order valence-electron chi connectivity index (χ0n) is 11.7. The zero-order valence-corrected chi connectivity index (χ0v) is 12.5. The molecule has 1 unspecified atom stereocenters. The van der Waals surface area contributed by atoms with E-state index in [4.69, 9.17) is 11.6 Å². The van der Waals surface area contributed by atoms with Gasteiger partial charge < -0.3 is 5.32 Å². The first-order valence-corrected chi connectivity index (χ1v) is 7.06. The first-order chi connectivity index (χ1) is 9.08. The molecule has 19 heavy (non-hydrogen) atoms. The summed E-state index contributed by atoms with van der Waals surface area (Å²) in [4.78, 5) is 0. The van der Waals surface area contributed by atoms with Gasteiger partial charge in [-0.2, -0.15) is 0 Å². The van der Waals surface area contributed by atoms with Crippen molar-refractivity contribution in [3.63, 3.8) is 0 Å². The number of hydrogen-bond donors (Lipinski definition) is 1. The molecule has 1 nitrogen and oxygen atoms in total. The normalized spacial score (nSPS) is 12.2. The smallest absolute Gasteiger partial charge is 0.0511 e. The van der Waals surface area contributed by atoms with Crippen molar-refractivity contribution in [2.75, 3.05) is 5.32 Å². The number of aryl methyl sites for hydroxylation is 2. The van der Waals surface area contributed by atoms with Crippen LogP contribution < -0.4 is 5.32 Å². The number of rotatable bonds is 4. The lowest BCUT2D eigenvalue weighted by Crippen LogP contribution is -2.09. The van der Waals surface area contributed by atoms with Crippen LogP contribution in [0.1, 0.15) is 36.1 Å². The van der Waals surface area contributed by atoms with Crippen LogP contribution in [0.4, 0.5) is 5.69 Å². The van der Waals surface area contributed by atoms with Gasteiger partial charge in [0.25, 0.3) is 0 Å². The minimum absolute atomic E-state index is 0.292. The molecule has 0 fully saturated rings. The van der Waals surface area contributed by atoms with Gasteiger partial charge in [0.1, 0.15) is 0 Å². The molecular weight excluding hydrogens is 254 g/mol. The van der Waals surface area contributed by atoms with Crippen LogP contribution in [0.5, 0.6) is 0 Å². The largest absolute Gasteiger partial charge is 0.378 e. The summed E-state index contributed by atoms with van der Waals surface area (Å²) in [5.74, 6) is 0. The highest BCUT2D eigenvalue weighted by atomic mass is 35.5. The Labute approximate surface area is 120 Å². The summed E-state index contributed by atoms with van der Waals surface area (Å²) in [6, 6.07) is 14.9. The van der Waals surface area contributed by atoms with Gasteiger partial charge in [0, 0.05) is 10.7 Å². The highest BCUT2D eigenvalue weighted by Crippen LogP contribution is 2.25. The fourth-order valence-electron chi connectivity index (χ4n) is 2.40. The number of anilines is 1. The molecule has 2 heteroatoms. The van der Waals surface area contributed by atoms with Gasteiger partial charge in [0.15, 0.2) is 0 Å². The number of halogens is 1. The van der Waals surface area contributed by atoms with Gasteiger partial charge in [-0.25, -0.2) is 0 Å². The van der Waals surface area contributed by atoms with Crippen molar-refractivity contribution in [1.82, 2.24) is 0 Å². The Morgan fingerprint density at radius 3 is 2.32 bits per heavy atom. The Bertz CT molecular complexity index is 543. The van der Waals surface area contributed by atoms with Crippen LogP contribution in [0, 0.1) is 13.8 Å². The number of nitrogens with one attached hydrogen (secondary N) is 1. The standard InChI is InChI=1S/C17H20ClN/c1-4-17(14-6-5-7-15(18)11-14)19-16-9-12(2)8-13(3)10-16/h5-11,17,19H,4H2,1-3H3. The van der Waals surface area contributed by atoms with E-state index in [0.29, 0.717) is 6.04 Å². The second-order valence-electron chi connectivity index (χ2n) is 5.04. The highest BCUT2D eigenvalue weighted by molar-refractivity contribution is 6.30. The van der Waals surface area contributed by atoms with E-state index in [1.54, 1.807) is 0 Å². The predicted octanol–water partition coefficient (Wildman–Crippen LogP) is 5.52. The fraction of sp³-hybridized carbons (Fsp3) is 0.294. The molecule has 0 saturated carbocycles. The Hall–Kier alpha value is -1.47. The van der Waals surface area contributed by atoms with Gasteiger partial charge >= 0.3 is 0 Å². The van der Waals surface area contributed by atoms with E-state index in [1.165, 1.54) is 22.4 Å². The Morgan fingerprint density at radius 1 is 1.05 bits per heavy atom. The molecule has 0 heterocycles. The first kappa shape index (κ1) is 14.0. The van der Waals surface area contributed by atoms with Crippen LogP contribution in [0.15, 0.2) is 42.5 Å². The van der Waals surface area contributed by atoms with Crippen molar-refractivity contribution in [2.45, 2.75) is 33.2 Å². The lowest BCUT2D eigenvalue weighted by atomic mass is 10.0. The number of benzene rings is 2. The van der Waals surface area contributed by atoms with Gasteiger partial charge in [-0.1, -0.05) is 36.7 Å². The molecule has 0 spiro atoms. The third kappa shape index (κ3) is 3.74. The van der Waals surface area contributed by atoms with Crippen molar-refractivity contribution < 1.29 is 0 Å². The van der Waals surface area contributed by atoms with Crippen LogP contribution in [-0.4, -0.2) is 0 Å². The molecule has 0 aromatic heterocycles. The Morgan fingerprint density at radius 2 is 1.74 bits per heavy atom. The Kier molecular flexibility index (Phi) is 4.49. The molecule has 2 aromatic carbocycles. The molecule has 0 saturated heterocycles. The molecule has 0 amide bonds. The van der Waals surface area contributed by atoms with E-state index in [0.717, 1.165) is 11.4 Å². The summed E-state index contributed by atoms with van der Waals surface area (Å²) >= 11 is 6.07. The Balaban J connectivity index is 2.23. The fourth-order valence-corrected chi connectivity index (χ4v) is 2.60. The summed E-state index contributed by atoms with van der Waals surface area (Å²) in [5, 5.41) is 4.39. The van der Waals surface area contributed by atoms with Crippen molar-refractivity contribution >= 4 is 17.3 Å². The average Bonchev–Trinajstić information content (AvgIpc) is 2.34. The minimum Gasteiger partial charge on any atom is -0.378 e. The maximum atomic E-state index is 6.07. The summed E-state index contributed by atoms with van der Waals surface area (Å²) < 4.78 is 0. The topological polar surface area (TPSA) is 12.0 Å². The van der Waals surface area contributed by atoms with Crippen LogP contribution >= 0.6 is 11.6 Å². The molecular formula is C17H20ClN. The van der Waals surface area contributed by atoms with Crippen LogP contribution in [0.3, 0.4) is 0 Å². The van der Waals surface area contributed by atoms with Crippen LogP contribution in [-0.2, 0) is 0 Å². The first-order valence-electron chi connectivity index (χ1n) is 6.69. The minimum atomic E-state index is 0.292. The van der Waals surface area contributed by atoms with E-state index in [9.17, 15) is 0 Å².